The van der Waals surface area contributed by atoms with Crippen LogP contribution < -0.4 is 22.6 Å². The molecule has 0 aliphatic carbocycles. The summed E-state index contributed by atoms with van der Waals surface area (Å²) in [4.78, 5) is 64.3. The Hall–Kier alpha value is -3.76. The van der Waals surface area contributed by atoms with Crippen molar-refractivity contribution in [2.24, 2.45) is 11.8 Å². The number of anilines is 2. The van der Waals surface area contributed by atoms with E-state index in [-0.39, 0.29) is 47.4 Å². The van der Waals surface area contributed by atoms with Gasteiger partial charge < -0.3 is 55.9 Å². The van der Waals surface area contributed by atoms with Crippen molar-refractivity contribution in [1.82, 2.24) is 39.0 Å². The number of aromatic nitrogens is 8. The first-order valence-corrected chi connectivity index (χ1v) is 26.9. The van der Waals surface area contributed by atoms with Gasteiger partial charge in [-0.05, 0) is 11.8 Å². The Morgan fingerprint density at radius 1 is 0.620 bits per heavy atom. The Bertz CT molecular complexity index is 2270. The van der Waals surface area contributed by atoms with Crippen LogP contribution >= 0.6 is 15.6 Å². The van der Waals surface area contributed by atoms with Gasteiger partial charge in [0.2, 0.25) is 11.9 Å². The van der Waals surface area contributed by atoms with Crippen LogP contribution in [0.4, 0.5) is 11.9 Å². The van der Waals surface area contributed by atoms with Gasteiger partial charge in [-0.3, -0.25) is 46.8 Å². The van der Waals surface area contributed by atoms with Crippen molar-refractivity contribution in [2.75, 3.05) is 51.1 Å². The average Bonchev–Trinajstić information content (AvgIpc) is 4.06. The van der Waals surface area contributed by atoms with E-state index in [0.29, 0.717) is 0 Å². The predicted molar refractivity (Wildman–Crippen MR) is 258 cm³/mol. The molecule has 6 rings (SSSR count). The molecular weight excluding hydrogens is 978 g/mol. The zero-order valence-corrected chi connectivity index (χ0v) is 42.9. The number of aliphatic hydroxyl groups excluding tert-OH is 4. The van der Waals surface area contributed by atoms with Crippen LogP contribution in [0.2, 0.25) is 0 Å². The lowest BCUT2D eigenvalue weighted by molar-refractivity contribution is -0.0526. The molecular formula is C42H74N10O17P2. The van der Waals surface area contributed by atoms with Gasteiger partial charge in [0.05, 0.1) is 52.3 Å². The molecule has 2 fully saturated rings. The van der Waals surface area contributed by atoms with Gasteiger partial charge in [0.25, 0.3) is 11.1 Å². The van der Waals surface area contributed by atoms with E-state index >= 15 is 0 Å². The van der Waals surface area contributed by atoms with Crippen molar-refractivity contribution in [3.63, 3.8) is 0 Å². The molecule has 404 valence electrons. The summed E-state index contributed by atoms with van der Waals surface area (Å²) in [5.41, 5.74) is 9.56. The number of hydrogen-bond acceptors (Lipinski definition) is 21. The van der Waals surface area contributed by atoms with Crippen molar-refractivity contribution >= 4 is 49.9 Å². The van der Waals surface area contributed by atoms with Crippen LogP contribution in [-0.2, 0) is 41.4 Å². The fourth-order valence-electron chi connectivity index (χ4n) is 7.35. The average molecular weight is 1050 g/mol. The largest absolute Gasteiger partial charge is 0.472 e. The van der Waals surface area contributed by atoms with Crippen LogP contribution in [0.3, 0.4) is 0 Å². The first-order chi connectivity index (χ1) is 33.6. The molecule has 0 spiro atoms. The highest BCUT2D eigenvalue weighted by Gasteiger charge is 2.47. The summed E-state index contributed by atoms with van der Waals surface area (Å²) in [7, 11) is -9.47. The zero-order chi connectivity index (χ0) is 52.5. The molecule has 29 heteroatoms. The summed E-state index contributed by atoms with van der Waals surface area (Å²) >= 11 is 0. The van der Waals surface area contributed by atoms with Crippen molar-refractivity contribution < 1.29 is 71.6 Å². The maximum absolute atomic E-state index is 12.3. The molecule has 27 nitrogen and oxygen atoms in total. The quantitative estimate of drug-likeness (QED) is 0.0319. The molecule has 2 saturated heterocycles. The molecule has 2 aliphatic heterocycles. The Morgan fingerprint density at radius 3 is 1.35 bits per heavy atom. The van der Waals surface area contributed by atoms with E-state index in [0.717, 1.165) is 33.6 Å². The number of rotatable bonds is 26. The van der Waals surface area contributed by atoms with Crippen molar-refractivity contribution in [3.8, 4) is 0 Å². The van der Waals surface area contributed by atoms with E-state index < -0.39 is 102 Å². The fourth-order valence-corrected chi connectivity index (χ4v) is 8.78. The number of nitrogens with two attached hydrogens (primary N) is 2. The van der Waals surface area contributed by atoms with Gasteiger partial charge in [0, 0.05) is 0 Å². The summed E-state index contributed by atoms with van der Waals surface area (Å²) in [5.74, 6) is 1.35. The fraction of sp³-hybridized carbons (Fsp3) is 0.762. The van der Waals surface area contributed by atoms with Crippen LogP contribution in [0.5, 0.6) is 0 Å². The number of aliphatic hydroxyl groups is 4. The number of unbranched alkanes of at least 4 members (excludes halogenated alkanes) is 6. The SMILES string of the molecule is CCCCCCC(C)C.CCCCCCC(C)C.Nc1nc2c(ncn2[C@@H]2O[C@H](COP(=O)(O)OCCOCCOP(=O)(O)OC[C@@H]3O[C@H](n4cnc5c(=O)[nH]c(N)nc54)C(O)[C@@H]3O)[C@H](O)C2O)c(=O)[nH]1. The highest BCUT2D eigenvalue weighted by atomic mass is 31.2. The summed E-state index contributed by atoms with van der Waals surface area (Å²) in [6.07, 6.45) is 4.80. The van der Waals surface area contributed by atoms with Gasteiger partial charge in [0.15, 0.2) is 34.8 Å². The lowest BCUT2D eigenvalue weighted by Crippen LogP contribution is -2.33. The van der Waals surface area contributed by atoms with E-state index in [1.165, 1.54) is 64.2 Å². The number of phosphoric ester groups is 2. The molecule has 12 N–H and O–H groups in total. The minimum Gasteiger partial charge on any atom is -0.387 e. The number of aromatic amines is 2. The Morgan fingerprint density at radius 2 is 1.00 bits per heavy atom. The second kappa shape index (κ2) is 28.6. The summed E-state index contributed by atoms with van der Waals surface area (Å²) in [6.45, 7) is 10.7. The number of ether oxygens (including phenoxy) is 3. The Balaban J connectivity index is 0.000000515. The number of imidazole rings is 2. The third-order valence-electron chi connectivity index (χ3n) is 11.2. The molecule has 4 aromatic heterocycles. The molecule has 4 unspecified atom stereocenters. The molecule has 10 atom stereocenters. The lowest BCUT2D eigenvalue weighted by atomic mass is 10.1. The molecule has 71 heavy (non-hydrogen) atoms. The standard InChI is InChI=1S/C24H34N10O17P2.2C9H20/c25-23-29-17-11(19(39)31-23)27-7-33(17)21-15(37)13(35)9(50-21)5-48-52(41,42)46-3-1-45-2-4-47-53(43,44)49-6-10-14(36)16(38)22(51-10)34-8-28-12-18(34)30-24(26)32-20(12)40;2*1-4-5-6-7-8-9(2)3/h7-10,13-16,21-22,35-38H,1-6H2,(H,41,42)(H,43,44)(H3,25,29,31,39)(H3,26,30,32,40);2*9H,4-8H2,1-3H3/t9-,10+,13+,14-,15?,16?,21-,22+;;. The normalized spacial score (nSPS) is 24.0. The maximum Gasteiger partial charge on any atom is 0.472 e. The number of nitrogens with zero attached hydrogens (tertiary/aromatic N) is 6. The van der Waals surface area contributed by atoms with Gasteiger partial charge in [-0.2, -0.15) is 9.97 Å². The van der Waals surface area contributed by atoms with Crippen molar-refractivity contribution in [2.45, 2.75) is 155 Å². The third kappa shape index (κ3) is 18.3. The smallest absolute Gasteiger partial charge is 0.387 e. The lowest BCUT2D eigenvalue weighted by Gasteiger charge is -2.18. The first-order valence-electron chi connectivity index (χ1n) is 23.9. The number of fused-ring (bicyclic) bond motifs is 2. The number of hydrogen-bond donors (Lipinski definition) is 10. The van der Waals surface area contributed by atoms with Gasteiger partial charge in [-0.1, -0.05) is 106 Å². The Kier molecular flexibility index (Phi) is 24.1. The molecule has 2 aliphatic rings. The minimum atomic E-state index is -4.73. The van der Waals surface area contributed by atoms with Gasteiger partial charge >= 0.3 is 15.6 Å². The predicted octanol–water partition coefficient (Wildman–Crippen LogP) is 3.17. The highest BCUT2D eigenvalue weighted by Crippen LogP contribution is 2.45. The van der Waals surface area contributed by atoms with Crippen LogP contribution in [-0.4, -0.2) is 146 Å². The van der Waals surface area contributed by atoms with E-state index in [2.05, 4.69) is 71.4 Å². The number of H-pyrrole nitrogens is 2. The number of nitrogens with one attached hydrogen (secondary N) is 2. The molecule has 0 saturated carbocycles. The van der Waals surface area contributed by atoms with Crippen molar-refractivity contribution in [3.05, 3.63) is 33.4 Å². The maximum atomic E-state index is 12.3. The molecule has 0 aromatic carbocycles. The van der Waals surface area contributed by atoms with Crippen LogP contribution in [0, 0.1) is 11.8 Å². The summed E-state index contributed by atoms with van der Waals surface area (Å²) < 4.78 is 62.6. The van der Waals surface area contributed by atoms with E-state index in [4.69, 9.17) is 43.8 Å². The second-order valence-corrected chi connectivity index (χ2v) is 20.8. The first kappa shape index (κ1) is 59.8. The van der Waals surface area contributed by atoms with Gasteiger partial charge in [-0.15, -0.1) is 0 Å². The minimum absolute atomic E-state index is 0.0420. The van der Waals surface area contributed by atoms with Crippen LogP contribution in [0.15, 0.2) is 22.2 Å². The van der Waals surface area contributed by atoms with E-state index in [9.17, 15) is 48.9 Å². The van der Waals surface area contributed by atoms with Gasteiger partial charge in [0.1, 0.15) is 36.6 Å². The number of nitrogen functional groups attached to an aromatic ring is 2. The third-order valence-corrected chi connectivity index (χ3v) is 13.1. The van der Waals surface area contributed by atoms with Crippen LogP contribution in [0.1, 0.15) is 118 Å². The highest BCUT2D eigenvalue weighted by molar-refractivity contribution is 7.47. The van der Waals surface area contributed by atoms with E-state index in [1.54, 1.807) is 0 Å². The Labute approximate surface area is 410 Å². The zero-order valence-electron chi connectivity index (χ0n) is 41.1. The molecule has 0 amide bonds. The van der Waals surface area contributed by atoms with Crippen LogP contribution in [0.25, 0.3) is 22.3 Å². The molecule has 0 radical (unpaired) electrons. The second-order valence-electron chi connectivity index (χ2n) is 17.9. The van der Waals surface area contributed by atoms with E-state index in [1.807, 2.05) is 0 Å². The number of phosphoric acid groups is 2. The summed E-state index contributed by atoms with van der Waals surface area (Å²) in [6, 6.07) is 0. The molecule has 4 aromatic rings. The van der Waals surface area contributed by atoms with Crippen molar-refractivity contribution in [1.29, 1.82) is 0 Å². The molecule has 0 bridgehead atoms. The van der Waals surface area contributed by atoms with Gasteiger partial charge in [-0.25, -0.2) is 19.1 Å². The molecule has 6 heterocycles. The monoisotopic (exact) mass is 1050 g/mol. The topological polar surface area (TPSA) is 399 Å². The summed E-state index contributed by atoms with van der Waals surface area (Å²) in [5, 5.41) is 41.9.